The van der Waals surface area contributed by atoms with Crippen molar-refractivity contribution in [2.75, 3.05) is 36.4 Å². The van der Waals surface area contributed by atoms with Gasteiger partial charge in [0.2, 0.25) is 27.8 Å². The molecule has 2 bridgehead atoms. The second kappa shape index (κ2) is 15.4. The standard InChI is InChI=1S/C43H46FN9O7S/c44-34-19-32-33(42(58)53(41(32)57)35-11-12-37(54)47-40(35)56)20-36(34)49-23-29-9-10-30(24-49)51(29)22-25-4-3-7-31(18-25)61(59,60)50-16-14-27(15-17-50)46-43-45-21-26-8-13-38(55)52(39(26)48-43)28-5-1-2-6-28/h3-4,7-8,13,18-21,27-30,35H,1-2,5-6,9-12,14-17,22-24H2,(H,45,46,48)(H,47,54,56). The Kier molecular flexibility index (Phi) is 9.98. The van der Waals surface area contributed by atoms with E-state index in [-0.39, 0.29) is 64.3 Å². The van der Waals surface area contributed by atoms with Crippen LogP contribution in [0.25, 0.3) is 11.0 Å². The number of carbonyl (C=O) groups is 4. The second-order valence-electron chi connectivity index (χ2n) is 17.2. The zero-order valence-corrected chi connectivity index (χ0v) is 34.3. The molecule has 5 aliphatic heterocycles. The number of imide groups is 2. The predicted octanol–water partition coefficient (Wildman–Crippen LogP) is 3.57. The lowest BCUT2D eigenvalue weighted by molar-refractivity contribution is -0.136. The molecule has 61 heavy (non-hydrogen) atoms. The summed E-state index contributed by atoms with van der Waals surface area (Å²) < 4.78 is 47.1. The van der Waals surface area contributed by atoms with Gasteiger partial charge in [-0.1, -0.05) is 25.0 Å². The summed E-state index contributed by atoms with van der Waals surface area (Å²) in [5.74, 6) is -2.84. The van der Waals surface area contributed by atoms with Gasteiger partial charge in [-0.15, -0.1) is 0 Å². The van der Waals surface area contributed by atoms with Gasteiger partial charge in [-0.05, 0) is 80.8 Å². The molecule has 0 spiro atoms. The number of pyridine rings is 1. The highest BCUT2D eigenvalue weighted by Crippen LogP contribution is 2.38. The fourth-order valence-electron chi connectivity index (χ4n) is 10.4. The number of hydrogen-bond acceptors (Lipinski definition) is 12. The molecule has 5 fully saturated rings. The minimum Gasteiger partial charge on any atom is -0.366 e. The highest BCUT2D eigenvalue weighted by atomic mass is 32.2. The van der Waals surface area contributed by atoms with Crippen LogP contribution in [0.4, 0.5) is 16.0 Å². The van der Waals surface area contributed by atoms with E-state index in [1.807, 2.05) is 11.0 Å². The van der Waals surface area contributed by atoms with E-state index in [4.69, 9.17) is 4.98 Å². The maximum Gasteiger partial charge on any atom is 0.262 e. The number of halogens is 1. The van der Waals surface area contributed by atoms with Crippen molar-refractivity contribution in [3.8, 4) is 0 Å². The number of fused-ring (bicyclic) bond motifs is 4. The van der Waals surface area contributed by atoms with Gasteiger partial charge in [0.05, 0.1) is 21.7 Å². The van der Waals surface area contributed by atoms with Crippen LogP contribution < -0.4 is 21.1 Å². The van der Waals surface area contributed by atoms with Gasteiger partial charge in [0.15, 0.2) is 0 Å². The molecule has 0 radical (unpaired) electrons. The summed E-state index contributed by atoms with van der Waals surface area (Å²) >= 11 is 0. The lowest BCUT2D eigenvalue weighted by Gasteiger charge is -2.42. The zero-order chi connectivity index (χ0) is 42.2. The lowest BCUT2D eigenvalue weighted by atomic mass is 10.0. The maximum absolute atomic E-state index is 15.8. The number of carbonyl (C=O) groups excluding carboxylic acids is 4. The van der Waals surface area contributed by atoms with Crippen LogP contribution in [-0.2, 0) is 26.2 Å². The average molecular weight is 852 g/mol. The smallest absolute Gasteiger partial charge is 0.262 e. The number of anilines is 2. The summed E-state index contributed by atoms with van der Waals surface area (Å²) in [5.41, 5.74) is 1.56. The molecule has 2 N–H and O–H groups in total. The number of piperazine rings is 1. The SMILES string of the molecule is O=C1CCC(N2C(=O)c3cc(F)c(N4CC5CCC(C4)N5Cc4cccc(S(=O)(=O)N5CCC(Nc6ncc7ccc(=O)n(C8CCCC8)c7n6)CC5)c4)cc3C2=O)C(=O)N1. The third-order valence-electron chi connectivity index (χ3n) is 13.5. The third kappa shape index (κ3) is 7.07. The molecule has 18 heteroatoms. The monoisotopic (exact) mass is 851 g/mol. The Morgan fingerprint density at radius 1 is 0.820 bits per heavy atom. The highest BCUT2D eigenvalue weighted by molar-refractivity contribution is 7.89. The Labute approximate surface area is 351 Å². The molecule has 4 amide bonds. The molecule has 10 rings (SSSR count). The molecule has 3 unspecified atom stereocenters. The van der Waals surface area contributed by atoms with Crippen LogP contribution in [-0.4, -0.2) is 111 Å². The van der Waals surface area contributed by atoms with E-state index >= 15 is 4.39 Å². The van der Waals surface area contributed by atoms with Crippen LogP contribution in [0.1, 0.15) is 96.5 Å². The average Bonchev–Trinajstić information content (AvgIpc) is 3.92. The number of nitrogens with zero attached hydrogens (tertiary/aromatic N) is 7. The first-order chi connectivity index (χ1) is 29.4. The first kappa shape index (κ1) is 39.5. The lowest BCUT2D eigenvalue weighted by Crippen LogP contribution is -2.54. The van der Waals surface area contributed by atoms with Crippen LogP contribution in [0.5, 0.6) is 0 Å². The molecular weight excluding hydrogens is 806 g/mol. The molecule has 4 aromatic rings. The molecule has 6 aliphatic rings. The number of piperidine rings is 2. The van der Waals surface area contributed by atoms with Crippen molar-refractivity contribution in [2.45, 2.75) is 106 Å². The van der Waals surface area contributed by atoms with Crippen LogP contribution in [0.15, 0.2) is 64.4 Å². The molecule has 3 atom stereocenters. The first-order valence-corrected chi connectivity index (χ1v) is 22.7. The number of hydrogen-bond donors (Lipinski definition) is 2. The fraction of sp³-hybridized carbons (Fsp3) is 0.465. The van der Waals surface area contributed by atoms with E-state index in [2.05, 4.69) is 20.5 Å². The normalized spacial score (nSPS) is 24.2. The third-order valence-corrected chi connectivity index (χ3v) is 15.4. The van der Waals surface area contributed by atoms with Crippen molar-refractivity contribution in [3.63, 3.8) is 0 Å². The largest absolute Gasteiger partial charge is 0.366 e. The van der Waals surface area contributed by atoms with Gasteiger partial charge in [-0.2, -0.15) is 9.29 Å². The van der Waals surface area contributed by atoms with Crippen LogP contribution in [0.3, 0.4) is 0 Å². The van der Waals surface area contributed by atoms with Gasteiger partial charge in [0, 0.05) is 81.0 Å². The number of nitrogens with one attached hydrogen (secondary N) is 2. The van der Waals surface area contributed by atoms with E-state index in [0.717, 1.165) is 60.4 Å². The molecule has 318 valence electrons. The number of aromatic nitrogens is 3. The number of rotatable bonds is 9. The maximum atomic E-state index is 15.8. The quantitative estimate of drug-likeness (QED) is 0.234. The van der Waals surface area contributed by atoms with E-state index < -0.39 is 45.5 Å². The summed E-state index contributed by atoms with van der Waals surface area (Å²) in [7, 11) is -3.79. The molecule has 4 saturated heterocycles. The van der Waals surface area contributed by atoms with E-state index in [0.29, 0.717) is 57.2 Å². The summed E-state index contributed by atoms with van der Waals surface area (Å²) in [5, 5.41) is 6.38. The Hall–Kier alpha value is -5.59. The zero-order valence-electron chi connectivity index (χ0n) is 33.5. The molecule has 7 heterocycles. The van der Waals surface area contributed by atoms with Gasteiger partial charge in [0.1, 0.15) is 17.5 Å². The fourth-order valence-corrected chi connectivity index (χ4v) is 11.9. The number of amides is 4. The van der Waals surface area contributed by atoms with Crippen molar-refractivity contribution in [1.29, 1.82) is 0 Å². The Balaban J connectivity index is 0.780. The minimum absolute atomic E-state index is 0.00865. The molecule has 16 nitrogen and oxygen atoms in total. The van der Waals surface area contributed by atoms with E-state index in [1.165, 1.54) is 10.4 Å². The number of sulfonamides is 1. The topological polar surface area (TPSA) is 187 Å². The Bertz CT molecular complexity index is 2650. The van der Waals surface area contributed by atoms with Crippen LogP contribution in [0, 0.1) is 5.82 Å². The summed E-state index contributed by atoms with van der Waals surface area (Å²) in [4.78, 5) is 78.4. The molecule has 2 aromatic carbocycles. The Morgan fingerprint density at radius 3 is 2.26 bits per heavy atom. The number of benzene rings is 2. The van der Waals surface area contributed by atoms with Gasteiger partial charge in [0.25, 0.3) is 17.4 Å². The van der Waals surface area contributed by atoms with Gasteiger partial charge in [-0.3, -0.25) is 43.7 Å². The van der Waals surface area contributed by atoms with Crippen molar-refractivity contribution in [3.05, 3.63) is 87.6 Å². The van der Waals surface area contributed by atoms with Crippen molar-refractivity contribution in [2.24, 2.45) is 0 Å². The van der Waals surface area contributed by atoms with Gasteiger partial charge in [-0.25, -0.2) is 17.8 Å². The first-order valence-electron chi connectivity index (χ1n) is 21.2. The summed E-state index contributed by atoms with van der Waals surface area (Å²) in [6, 6.07) is 11.9. The van der Waals surface area contributed by atoms with Crippen LogP contribution >= 0.6 is 0 Å². The molecule has 1 saturated carbocycles. The van der Waals surface area contributed by atoms with E-state index in [9.17, 15) is 32.4 Å². The Morgan fingerprint density at radius 2 is 1.54 bits per heavy atom. The molecular formula is C43H46FN9O7S. The van der Waals surface area contributed by atoms with Crippen molar-refractivity contribution >= 4 is 56.3 Å². The van der Waals surface area contributed by atoms with Gasteiger partial charge >= 0.3 is 0 Å². The van der Waals surface area contributed by atoms with Crippen LogP contribution in [0.2, 0.25) is 0 Å². The van der Waals surface area contributed by atoms with Gasteiger partial charge < -0.3 is 10.2 Å². The van der Waals surface area contributed by atoms with Crippen molar-refractivity contribution in [1.82, 2.24) is 34.0 Å². The summed E-state index contributed by atoms with van der Waals surface area (Å²) in [6.07, 6.45) is 8.66. The highest BCUT2D eigenvalue weighted by Gasteiger charge is 2.46. The molecule has 2 aromatic heterocycles. The predicted molar refractivity (Wildman–Crippen MR) is 221 cm³/mol. The minimum atomic E-state index is -3.79. The summed E-state index contributed by atoms with van der Waals surface area (Å²) in [6.45, 7) is 2.10. The van der Waals surface area contributed by atoms with Crippen molar-refractivity contribution < 1.29 is 32.0 Å². The van der Waals surface area contributed by atoms with E-state index in [1.54, 1.807) is 41.1 Å². The molecule has 1 aliphatic carbocycles. The second-order valence-corrected chi connectivity index (χ2v) is 19.1.